The number of aryl methyl sites for hydroxylation is 2. The number of nitrogens with zero attached hydrogens (tertiary/aromatic N) is 4. The van der Waals surface area contributed by atoms with Gasteiger partial charge >= 0.3 is 0 Å². The third-order valence-electron chi connectivity index (χ3n) is 5.14. The number of likely N-dealkylation sites (N-methyl/N-ethyl adjacent to an activating group) is 1. The molecule has 0 aliphatic carbocycles. The number of amides is 1. The minimum Gasteiger partial charge on any atom is -0.342 e. The summed E-state index contributed by atoms with van der Waals surface area (Å²) in [5.74, 6) is 1.61. The number of hydrogen-bond donors (Lipinski definition) is 1. The van der Waals surface area contributed by atoms with E-state index < -0.39 is 0 Å². The van der Waals surface area contributed by atoms with Gasteiger partial charge in [-0.2, -0.15) is 0 Å². The van der Waals surface area contributed by atoms with Crippen molar-refractivity contribution in [2.75, 3.05) is 43.9 Å². The number of hydrogen-bond acceptors (Lipinski definition) is 4. The van der Waals surface area contributed by atoms with Gasteiger partial charge in [0, 0.05) is 38.4 Å². The van der Waals surface area contributed by atoms with E-state index in [2.05, 4.69) is 34.8 Å². The number of carbonyl (C=O) groups excluding carboxylic acids is 1. The van der Waals surface area contributed by atoms with E-state index in [4.69, 9.17) is 4.98 Å². The third-order valence-corrected chi connectivity index (χ3v) is 5.14. The van der Waals surface area contributed by atoms with Crippen molar-refractivity contribution in [1.29, 1.82) is 0 Å². The van der Waals surface area contributed by atoms with Crippen molar-refractivity contribution in [2.24, 2.45) is 13.0 Å². The van der Waals surface area contributed by atoms with Crippen LogP contribution in [0.4, 0.5) is 11.6 Å². The molecule has 1 N–H and O–H groups in total. The van der Waals surface area contributed by atoms with Gasteiger partial charge in [-0.25, -0.2) is 4.98 Å². The summed E-state index contributed by atoms with van der Waals surface area (Å²) in [6.07, 6.45) is 5.95. The maximum atomic E-state index is 12.2. The van der Waals surface area contributed by atoms with Crippen molar-refractivity contribution in [1.82, 2.24) is 14.5 Å². The molecule has 6 heteroatoms. The number of carbonyl (C=O) groups is 1. The Bertz CT molecular complexity index is 852. The number of fused-ring (bicyclic) bond motifs is 1. The van der Waals surface area contributed by atoms with E-state index in [0.29, 0.717) is 5.92 Å². The van der Waals surface area contributed by atoms with Gasteiger partial charge in [0.25, 0.3) is 0 Å². The van der Waals surface area contributed by atoms with E-state index in [0.717, 1.165) is 47.9 Å². The molecule has 1 amide bonds. The number of imidazole rings is 1. The van der Waals surface area contributed by atoms with Crippen molar-refractivity contribution in [3.63, 3.8) is 0 Å². The molecule has 1 aromatic carbocycles. The third kappa shape index (κ3) is 4.50. The van der Waals surface area contributed by atoms with Crippen LogP contribution >= 0.6 is 0 Å². The number of benzene rings is 1. The lowest BCUT2D eigenvalue weighted by Crippen LogP contribution is -2.35. The Morgan fingerprint density at radius 3 is 2.89 bits per heavy atom. The van der Waals surface area contributed by atoms with Gasteiger partial charge in [-0.1, -0.05) is 13.0 Å². The maximum Gasteiger partial charge on any atom is 0.248 e. The first-order valence-corrected chi connectivity index (χ1v) is 9.69. The fourth-order valence-electron chi connectivity index (χ4n) is 3.66. The molecule has 27 heavy (non-hydrogen) atoms. The lowest BCUT2D eigenvalue weighted by Gasteiger charge is -2.31. The maximum absolute atomic E-state index is 12.2. The molecule has 0 spiro atoms. The second-order valence-electron chi connectivity index (χ2n) is 7.97. The molecule has 1 aliphatic heterocycles. The Morgan fingerprint density at radius 1 is 1.41 bits per heavy atom. The Hall–Kier alpha value is -2.34. The van der Waals surface area contributed by atoms with E-state index in [9.17, 15) is 4.79 Å². The Morgan fingerprint density at radius 2 is 2.19 bits per heavy atom. The fraction of sp³-hybridized carbons (Fsp3) is 0.524. The Labute approximate surface area is 161 Å². The molecule has 0 bridgehead atoms. The largest absolute Gasteiger partial charge is 0.342 e. The van der Waals surface area contributed by atoms with Gasteiger partial charge in [-0.3, -0.25) is 4.79 Å². The first-order chi connectivity index (χ1) is 12.8. The van der Waals surface area contributed by atoms with Crippen LogP contribution in [0.5, 0.6) is 0 Å². The summed E-state index contributed by atoms with van der Waals surface area (Å²) >= 11 is 0. The summed E-state index contributed by atoms with van der Waals surface area (Å²) in [4.78, 5) is 21.5. The molecule has 6 nitrogen and oxygen atoms in total. The number of piperidine rings is 1. The molecule has 1 aliphatic rings. The molecule has 0 radical (unpaired) electrons. The fourth-order valence-corrected chi connectivity index (χ4v) is 3.66. The first kappa shape index (κ1) is 19.4. The quantitative estimate of drug-likeness (QED) is 0.823. The standard InChI is InChI=1S/C21H31N5O/c1-15-8-6-11-26(14-15)21-23-18-13-17(16(2)12-19(18)25(21)5)22-20(27)9-7-10-24(3)4/h7,9,12-13,15H,6,8,10-11,14H2,1-5H3,(H,22,27)/b9-7-/t15-/m1/s1. The van der Waals surface area contributed by atoms with Crippen LogP contribution in [-0.2, 0) is 11.8 Å². The van der Waals surface area contributed by atoms with Crippen LogP contribution in [0.25, 0.3) is 11.0 Å². The van der Waals surface area contributed by atoms with E-state index >= 15 is 0 Å². The van der Waals surface area contributed by atoms with Crippen LogP contribution in [0, 0.1) is 12.8 Å². The molecule has 2 heterocycles. The van der Waals surface area contributed by atoms with Crippen LogP contribution < -0.4 is 10.2 Å². The second-order valence-corrected chi connectivity index (χ2v) is 7.97. The van der Waals surface area contributed by atoms with Crippen molar-refractivity contribution < 1.29 is 4.79 Å². The lowest BCUT2D eigenvalue weighted by atomic mass is 10.0. The average Bonchev–Trinajstić information content (AvgIpc) is 2.91. The molecule has 0 saturated carbocycles. The highest BCUT2D eigenvalue weighted by Crippen LogP contribution is 2.29. The van der Waals surface area contributed by atoms with Crippen LogP contribution in [-0.4, -0.2) is 54.1 Å². The molecule has 2 aromatic rings. The van der Waals surface area contributed by atoms with Gasteiger partial charge in [0.15, 0.2) is 0 Å². The molecule has 0 unspecified atom stereocenters. The Kier molecular flexibility index (Phi) is 5.85. The summed E-state index contributed by atoms with van der Waals surface area (Å²) in [6.45, 7) is 7.17. The second kappa shape index (κ2) is 8.13. The van der Waals surface area contributed by atoms with Gasteiger partial charge in [0.05, 0.1) is 11.0 Å². The summed E-state index contributed by atoms with van der Waals surface area (Å²) in [5, 5.41) is 2.98. The highest BCUT2D eigenvalue weighted by atomic mass is 16.1. The number of anilines is 2. The van der Waals surface area contributed by atoms with Crippen LogP contribution in [0.3, 0.4) is 0 Å². The highest BCUT2D eigenvalue weighted by molar-refractivity contribution is 6.01. The molecule has 1 atom stereocenters. The summed E-state index contributed by atoms with van der Waals surface area (Å²) in [7, 11) is 6.02. The summed E-state index contributed by atoms with van der Waals surface area (Å²) in [6, 6.07) is 4.09. The van der Waals surface area contributed by atoms with Gasteiger partial charge < -0.3 is 19.7 Å². The van der Waals surface area contributed by atoms with Gasteiger partial charge in [0.1, 0.15) is 0 Å². The molecular weight excluding hydrogens is 338 g/mol. The summed E-state index contributed by atoms with van der Waals surface area (Å²) < 4.78 is 2.17. The minimum absolute atomic E-state index is 0.111. The van der Waals surface area contributed by atoms with Gasteiger partial charge in [-0.05, 0) is 57.5 Å². The monoisotopic (exact) mass is 369 g/mol. The van der Waals surface area contributed by atoms with Crippen molar-refractivity contribution >= 4 is 28.6 Å². The van der Waals surface area contributed by atoms with Crippen molar-refractivity contribution in [3.8, 4) is 0 Å². The molecule has 3 rings (SSSR count). The molecule has 1 aromatic heterocycles. The zero-order valence-electron chi connectivity index (χ0n) is 17.1. The molecular formula is C21H31N5O. The van der Waals surface area contributed by atoms with E-state index in [-0.39, 0.29) is 5.91 Å². The minimum atomic E-state index is -0.111. The SMILES string of the molecule is Cc1cc2c(cc1NC(=O)/C=C\CN(C)C)nc(N1CCC[C@@H](C)C1)n2C. The predicted octanol–water partition coefficient (Wildman–Crippen LogP) is 3.17. The number of rotatable bonds is 5. The van der Waals surface area contributed by atoms with Gasteiger partial charge in [0.2, 0.25) is 11.9 Å². The summed E-state index contributed by atoms with van der Waals surface area (Å²) in [5.41, 5.74) is 3.88. The van der Waals surface area contributed by atoms with Crippen molar-refractivity contribution in [2.45, 2.75) is 26.7 Å². The molecule has 1 fully saturated rings. The van der Waals surface area contributed by atoms with Crippen LogP contribution in [0.1, 0.15) is 25.3 Å². The lowest BCUT2D eigenvalue weighted by molar-refractivity contribution is -0.111. The van der Waals surface area contributed by atoms with Crippen molar-refractivity contribution in [3.05, 3.63) is 29.8 Å². The molecule has 146 valence electrons. The van der Waals surface area contributed by atoms with Crippen LogP contribution in [0.15, 0.2) is 24.3 Å². The van der Waals surface area contributed by atoms with Gasteiger partial charge in [-0.15, -0.1) is 0 Å². The number of nitrogens with one attached hydrogen (secondary N) is 1. The first-order valence-electron chi connectivity index (χ1n) is 9.69. The van der Waals surface area contributed by atoms with E-state index in [1.807, 2.05) is 38.1 Å². The van der Waals surface area contributed by atoms with E-state index in [1.165, 1.54) is 12.8 Å². The predicted molar refractivity (Wildman–Crippen MR) is 112 cm³/mol. The smallest absolute Gasteiger partial charge is 0.248 e. The Balaban J connectivity index is 1.83. The van der Waals surface area contributed by atoms with Crippen LogP contribution in [0.2, 0.25) is 0 Å². The zero-order valence-corrected chi connectivity index (χ0v) is 17.1. The zero-order chi connectivity index (χ0) is 19.6. The highest BCUT2D eigenvalue weighted by Gasteiger charge is 2.21. The average molecular weight is 370 g/mol. The normalized spacial score (nSPS) is 18.0. The van der Waals surface area contributed by atoms with E-state index in [1.54, 1.807) is 6.08 Å². The molecule has 1 saturated heterocycles. The topological polar surface area (TPSA) is 53.4 Å². The number of aromatic nitrogens is 2.